The summed E-state index contributed by atoms with van der Waals surface area (Å²) in [7, 11) is 1.72. The summed E-state index contributed by atoms with van der Waals surface area (Å²) >= 11 is 6.37. The highest BCUT2D eigenvalue weighted by Gasteiger charge is 2.18. The molecule has 0 spiro atoms. The molecule has 2 atom stereocenters. The highest BCUT2D eigenvalue weighted by Crippen LogP contribution is 2.38. The second-order valence-corrected chi connectivity index (χ2v) is 5.77. The summed E-state index contributed by atoms with van der Waals surface area (Å²) in [5.74, 6) is 1.35. The van der Waals surface area contributed by atoms with E-state index in [9.17, 15) is 0 Å². The van der Waals surface area contributed by atoms with Crippen molar-refractivity contribution in [3.8, 4) is 5.75 Å². The summed E-state index contributed by atoms with van der Waals surface area (Å²) < 4.78 is 5.53. The molecule has 0 aliphatic heterocycles. The Bertz CT molecular complexity index is 431. The Balaban J connectivity index is 3.01. The Morgan fingerprint density at radius 1 is 1.32 bits per heavy atom. The van der Waals surface area contributed by atoms with Gasteiger partial charge in [0, 0.05) is 16.6 Å². The highest BCUT2D eigenvalue weighted by atomic mass is 35.5. The van der Waals surface area contributed by atoms with Crippen LogP contribution in [-0.2, 0) is 0 Å². The van der Waals surface area contributed by atoms with E-state index in [2.05, 4.69) is 20.8 Å². The van der Waals surface area contributed by atoms with Crippen molar-refractivity contribution < 1.29 is 4.74 Å². The third-order valence-corrected chi connectivity index (χ3v) is 4.48. The van der Waals surface area contributed by atoms with Crippen molar-refractivity contribution in [2.24, 2.45) is 5.73 Å². The second-order valence-electron chi connectivity index (χ2n) is 5.40. The third kappa shape index (κ3) is 3.87. The maximum absolute atomic E-state index is 6.37. The van der Waals surface area contributed by atoms with Crippen molar-refractivity contribution >= 4 is 11.6 Å². The van der Waals surface area contributed by atoms with E-state index in [1.165, 1.54) is 5.56 Å². The first kappa shape index (κ1) is 16.3. The van der Waals surface area contributed by atoms with Crippen LogP contribution in [0.2, 0.25) is 5.02 Å². The van der Waals surface area contributed by atoms with Crippen LogP contribution in [-0.4, -0.2) is 13.2 Å². The molecule has 0 saturated carbocycles. The molecule has 108 valence electrons. The summed E-state index contributed by atoms with van der Waals surface area (Å²) in [6, 6.07) is 2.32. The molecule has 2 N–H and O–H groups in total. The van der Waals surface area contributed by atoms with E-state index >= 15 is 0 Å². The van der Waals surface area contributed by atoms with Crippen molar-refractivity contribution in [1.82, 2.24) is 0 Å². The molecule has 3 heteroatoms. The van der Waals surface area contributed by atoms with Crippen molar-refractivity contribution in [2.45, 2.75) is 58.9 Å². The van der Waals surface area contributed by atoms with Crippen LogP contribution in [0.5, 0.6) is 5.75 Å². The summed E-state index contributed by atoms with van der Waals surface area (Å²) in [6.45, 7) is 8.44. The molecular weight excluding hydrogens is 258 g/mol. The zero-order chi connectivity index (χ0) is 14.6. The van der Waals surface area contributed by atoms with Gasteiger partial charge >= 0.3 is 0 Å². The van der Waals surface area contributed by atoms with Gasteiger partial charge in [-0.05, 0) is 56.2 Å². The number of nitrogens with two attached hydrogens (primary N) is 1. The lowest BCUT2D eigenvalue weighted by atomic mass is 9.89. The highest BCUT2D eigenvalue weighted by molar-refractivity contribution is 6.32. The van der Waals surface area contributed by atoms with E-state index in [1.807, 2.05) is 13.0 Å². The monoisotopic (exact) mass is 283 g/mol. The first-order chi connectivity index (χ1) is 8.92. The molecule has 1 aromatic rings. The van der Waals surface area contributed by atoms with Gasteiger partial charge in [0.15, 0.2) is 0 Å². The van der Waals surface area contributed by atoms with Crippen molar-refractivity contribution in [3.63, 3.8) is 0 Å². The van der Waals surface area contributed by atoms with Crippen LogP contribution in [0.15, 0.2) is 6.07 Å². The van der Waals surface area contributed by atoms with Crippen molar-refractivity contribution in [1.29, 1.82) is 0 Å². The first-order valence-corrected chi connectivity index (χ1v) is 7.39. The quantitative estimate of drug-likeness (QED) is 0.829. The Kier molecular flexibility index (Phi) is 6.15. The Morgan fingerprint density at radius 3 is 2.47 bits per heavy atom. The van der Waals surface area contributed by atoms with Gasteiger partial charge < -0.3 is 10.5 Å². The summed E-state index contributed by atoms with van der Waals surface area (Å²) in [4.78, 5) is 0. The van der Waals surface area contributed by atoms with Gasteiger partial charge in [-0.15, -0.1) is 0 Å². The first-order valence-electron chi connectivity index (χ1n) is 7.01. The predicted octanol–water partition coefficient (Wildman–Crippen LogP) is 4.59. The second kappa shape index (κ2) is 7.16. The normalized spacial score (nSPS) is 14.3. The van der Waals surface area contributed by atoms with Crippen LogP contribution >= 0.6 is 11.6 Å². The number of hydrogen-bond acceptors (Lipinski definition) is 2. The van der Waals surface area contributed by atoms with Gasteiger partial charge in [0.25, 0.3) is 0 Å². The minimum Gasteiger partial charge on any atom is -0.496 e. The molecule has 0 aliphatic carbocycles. The smallest absolute Gasteiger partial charge is 0.122 e. The molecule has 1 aromatic carbocycles. The Labute approximate surface area is 122 Å². The Morgan fingerprint density at radius 2 is 1.95 bits per heavy atom. The molecule has 0 heterocycles. The number of halogens is 1. The SMILES string of the molecule is CCC(N)CCC(C)c1c(OC)cc(C)c(Cl)c1C. The fourth-order valence-corrected chi connectivity index (χ4v) is 2.69. The third-order valence-electron chi connectivity index (χ3n) is 3.90. The molecule has 0 aromatic heterocycles. The van der Waals surface area contributed by atoms with E-state index in [-0.39, 0.29) is 6.04 Å². The molecule has 2 nitrogen and oxygen atoms in total. The van der Waals surface area contributed by atoms with E-state index in [1.54, 1.807) is 7.11 Å². The van der Waals surface area contributed by atoms with Gasteiger partial charge in [-0.3, -0.25) is 0 Å². The van der Waals surface area contributed by atoms with Gasteiger partial charge in [0.1, 0.15) is 5.75 Å². The molecule has 0 fully saturated rings. The van der Waals surface area contributed by atoms with Crippen LogP contribution in [0.3, 0.4) is 0 Å². The van der Waals surface area contributed by atoms with E-state index in [0.717, 1.165) is 41.2 Å². The zero-order valence-corrected chi connectivity index (χ0v) is 13.5. The van der Waals surface area contributed by atoms with Gasteiger partial charge in [0.2, 0.25) is 0 Å². The van der Waals surface area contributed by atoms with E-state index in [4.69, 9.17) is 22.1 Å². The van der Waals surface area contributed by atoms with Gasteiger partial charge in [0.05, 0.1) is 7.11 Å². The number of ether oxygens (including phenoxy) is 1. The van der Waals surface area contributed by atoms with Crippen LogP contribution < -0.4 is 10.5 Å². The molecule has 0 radical (unpaired) electrons. The largest absolute Gasteiger partial charge is 0.496 e. The standard InChI is InChI=1S/C16H26ClNO/c1-6-13(18)8-7-10(2)15-12(4)16(17)11(3)9-14(15)19-5/h9-10,13H,6-8,18H2,1-5H3. The lowest BCUT2D eigenvalue weighted by Gasteiger charge is -2.21. The minimum atomic E-state index is 0.287. The van der Waals surface area contributed by atoms with E-state index < -0.39 is 0 Å². The summed E-state index contributed by atoms with van der Waals surface area (Å²) in [5, 5.41) is 0.849. The maximum Gasteiger partial charge on any atom is 0.122 e. The maximum atomic E-state index is 6.37. The van der Waals surface area contributed by atoms with Crippen LogP contribution in [0.4, 0.5) is 0 Å². The number of rotatable bonds is 6. The van der Waals surface area contributed by atoms with Gasteiger partial charge in [-0.1, -0.05) is 25.4 Å². The number of benzene rings is 1. The lowest BCUT2D eigenvalue weighted by Crippen LogP contribution is -2.19. The zero-order valence-electron chi connectivity index (χ0n) is 12.7. The molecule has 0 bridgehead atoms. The van der Waals surface area contributed by atoms with Gasteiger partial charge in [-0.2, -0.15) is 0 Å². The number of methoxy groups -OCH3 is 1. The molecule has 0 saturated heterocycles. The topological polar surface area (TPSA) is 35.2 Å². The average molecular weight is 284 g/mol. The fraction of sp³-hybridized carbons (Fsp3) is 0.625. The molecule has 1 rings (SSSR count). The van der Waals surface area contributed by atoms with Crippen LogP contribution in [0.1, 0.15) is 55.7 Å². The predicted molar refractivity (Wildman–Crippen MR) is 83.4 cm³/mol. The van der Waals surface area contributed by atoms with E-state index in [0.29, 0.717) is 5.92 Å². The van der Waals surface area contributed by atoms with Crippen LogP contribution in [0.25, 0.3) is 0 Å². The minimum absolute atomic E-state index is 0.287. The number of aryl methyl sites for hydroxylation is 1. The summed E-state index contributed by atoms with van der Waals surface area (Å²) in [5.41, 5.74) is 9.43. The molecule has 19 heavy (non-hydrogen) atoms. The Hall–Kier alpha value is -0.730. The molecule has 0 amide bonds. The van der Waals surface area contributed by atoms with Gasteiger partial charge in [-0.25, -0.2) is 0 Å². The molecular formula is C16H26ClNO. The molecule has 0 aliphatic rings. The summed E-state index contributed by atoms with van der Waals surface area (Å²) in [6.07, 6.45) is 3.12. The van der Waals surface area contributed by atoms with Crippen LogP contribution in [0, 0.1) is 13.8 Å². The lowest BCUT2D eigenvalue weighted by molar-refractivity contribution is 0.402. The number of hydrogen-bond donors (Lipinski definition) is 1. The fourth-order valence-electron chi connectivity index (χ4n) is 2.53. The van der Waals surface area contributed by atoms with Crippen molar-refractivity contribution in [3.05, 3.63) is 27.8 Å². The van der Waals surface area contributed by atoms with Crippen molar-refractivity contribution in [2.75, 3.05) is 7.11 Å². The molecule has 2 unspecified atom stereocenters. The average Bonchev–Trinajstić information content (AvgIpc) is 2.41.